The Hall–Kier alpha value is -2.47. The highest BCUT2D eigenvalue weighted by atomic mass is 16.3. The fourth-order valence-corrected chi connectivity index (χ4v) is 3.10. The Balaban J connectivity index is 3.03. The summed E-state index contributed by atoms with van der Waals surface area (Å²) < 4.78 is 0. The minimum atomic E-state index is -1.03. The molecule has 5 heteroatoms. The maximum atomic E-state index is 12.3. The molecule has 0 aromatic carbocycles. The van der Waals surface area contributed by atoms with Crippen LogP contribution in [0.4, 0.5) is 0 Å². The van der Waals surface area contributed by atoms with Gasteiger partial charge in [0, 0.05) is 12.1 Å². The van der Waals surface area contributed by atoms with Gasteiger partial charge >= 0.3 is 0 Å². The van der Waals surface area contributed by atoms with Gasteiger partial charge < -0.3 is 20.6 Å². The normalized spacial score (nSPS) is 33.9. The first kappa shape index (κ1) is 27.6. The first-order valence-electron chi connectivity index (χ1n) is 11.4. The van der Waals surface area contributed by atoms with Crippen LogP contribution < -0.4 is 5.32 Å². The fraction of sp³-hybridized carbons (Fsp3) is 0.444. The molecule has 0 spiro atoms. The second kappa shape index (κ2) is 16.2. The standard InChI is InChI=1S/C27H39NO4/c1-4-5-6-7-14-23-20-24(29)18-17-21(2)12-8-10-15-25(30)26(31)19-22(3)13-9-11-16-27(32)28-23/h6-13,15-17,19,23-26,29-31H,4-5,14,18,20H2,1-3H3,(H,28,32)/b7-6+,12-8+,13-9+,15-10-,16-11+,21-17+,22-19-. The minimum Gasteiger partial charge on any atom is -0.393 e. The van der Waals surface area contributed by atoms with Gasteiger partial charge in [-0.05, 0) is 39.5 Å². The maximum Gasteiger partial charge on any atom is 0.244 e. The highest BCUT2D eigenvalue weighted by molar-refractivity contribution is 5.88. The zero-order valence-electron chi connectivity index (χ0n) is 19.5. The molecule has 0 aromatic heterocycles. The third kappa shape index (κ3) is 13.1. The topological polar surface area (TPSA) is 89.8 Å². The van der Waals surface area contributed by atoms with Crippen molar-refractivity contribution in [3.63, 3.8) is 0 Å². The molecular weight excluding hydrogens is 402 g/mol. The van der Waals surface area contributed by atoms with Gasteiger partial charge in [-0.3, -0.25) is 4.79 Å². The molecule has 0 radical (unpaired) electrons. The van der Waals surface area contributed by atoms with Crippen LogP contribution in [0.3, 0.4) is 0 Å². The lowest BCUT2D eigenvalue weighted by atomic mass is 10.0. The van der Waals surface area contributed by atoms with E-state index in [0.717, 1.165) is 24.0 Å². The Morgan fingerprint density at radius 1 is 0.969 bits per heavy atom. The molecule has 0 bridgehead atoms. The second-order valence-corrected chi connectivity index (χ2v) is 8.13. The van der Waals surface area contributed by atoms with Gasteiger partial charge in [0.2, 0.25) is 5.91 Å². The quantitative estimate of drug-likeness (QED) is 0.492. The number of aliphatic hydroxyl groups excluding tert-OH is 3. The Labute approximate surface area is 192 Å². The summed E-state index contributed by atoms with van der Waals surface area (Å²) >= 11 is 0. The molecule has 4 N–H and O–H groups in total. The number of nitrogens with one attached hydrogen (secondary N) is 1. The van der Waals surface area contributed by atoms with E-state index >= 15 is 0 Å². The number of unbranched alkanes of at least 4 members (excludes halogenated alkanes) is 1. The zero-order chi connectivity index (χ0) is 23.8. The van der Waals surface area contributed by atoms with Gasteiger partial charge in [-0.15, -0.1) is 0 Å². The Morgan fingerprint density at radius 3 is 2.41 bits per heavy atom. The molecule has 176 valence electrons. The molecule has 1 amide bonds. The molecule has 32 heavy (non-hydrogen) atoms. The molecule has 4 atom stereocenters. The summed E-state index contributed by atoms with van der Waals surface area (Å²) in [5, 5.41) is 33.6. The van der Waals surface area contributed by atoms with Gasteiger partial charge in [-0.25, -0.2) is 0 Å². The van der Waals surface area contributed by atoms with E-state index in [4.69, 9.17) is 0 Å². The van der Waals surface area contributed by atoms with Crippen molar-refractivity contribution < 1.29 is 20.1 Å². The van der Waals surface area contributed by atoms with Crippen LogP contribution in [-0.4, -0.2) is 45.6 Å². The minimum absolute atomic E-state index is 0.157. The monoisotopic (exact) mass is 441 g/mol. The number of hydrogen-bond acceptors (Lipinski definition) is 4. The lowest BCUT2D eigenvalue weighted by Gasteiger charge is -2.19. The molecule has 1 heterocycles. The molecule has 1 aliphatic rings. The van der Waals surface area contributed by atoms with E-state index in [9.17, 15) is 20.1 Å². The molecule has 0 saturated carbocycles. The highest BCUT2D eigenvalue weighted by Gasteiger charge is 2.14. The van der Waals surface area contributed by atoms with Crippen molar-refractivity contribution in [3.05, 3.63) is 84.1 Å². The van der Waals surface area contributed by atoms with E-state index in [1.807, 2.05) is 26.0 Å². The predicted octanol–water partition coefficient (Wildman–Crippen LogP) is 4.21. The summed E-state index contributed by atoms with van der Waals surface area (Å²) in [5.74, 6) is -0.220. The predicted molar refractivity (Wildman–Crippen MR) is 132 cm³/mol. The van der Waals surface area contributed by atoms with Crippen LogP contribution in [0.1, 0.15) is 52.9 Å². The van der Waals surface area contributed by atoms with Crippen LogP contribution in [0.25, 0.3) is 0 Å². The van der Waals surface area contributed by atoms with E-state index in [-0.39, 0.29) is 11.9 Å². The van der Waals surface area contributed by atoms with Crippen molar-refractivity contribution in [2.24, 2.45) is 0 Å². The lowest BCUT2D eigenvalue weighted by Crippen LogP contribution is -2.36. The molecule has 5 nitrogen and oxygen atoms in total. The van der Waals surface area contributed by atoms with Crippen molar-refractivity contribution >= 4 is 5.91 Å². The van der Waals surface area contributed by atoms with Crippen LogP contribution in [0, 0.1) is 0 Å². The van der Waals surface area contributed by atoms with E-state index in [2.05, 4.69) is 24.4 Å². The zero-order valence-corrected chi connectivity index (χ0v) is 19.5. The number of amides is 1. The van der Waals surface area contributed by atoms with E-state index in [1.54, 1.807) is 36.5 Å². The molecule has 0 saturated heterocycles. The van der Waals surface area contributed by atoms with Crippen LogP contribution in [0.2, 0.25) is 0 Å². The number of rotatable bonds is 4. The average Bonchev–Trinajstić information content (AvgIpc) is 2.74. The molecule has 4 unspecified atom stereocenters. The number of carbonyl (C=O) groups excluding carboxylic acids is 1. The van der Waals surface area contributed by atoms with Crippen molar-refractivity contribution in [1.82, 2.24) is 5.32 Å². The van der Waals surface area contributed by atoms with Crippen molar-refractivity contribution in [3.8, 4) is 0 Å². The van der Waals surface area contributed by atoms with E-state index < -0.39 is 18.3 Å². The highest BCUT2D eigenvalue weighted by Crippen LogP contribution is 2.11. The number of carbonyl (C=O) groups is 1. The van der Waals surface area contributed by atoms with Gasteiger partial charge in [-0.2, -0.15) is 0 Å². The Morgan fingerprint density at radius 2 is 1.66 bits per heavy atom. The second-order valence-electron chi connectivity index (χ2n) is 8.13. The van der Waals surface area contributed by atoms with Gasteiger partial charge in [-0.1, -0.05) is 91.3 Å². The summed E-state index contributed by atoms with van der Waals surface area (Å²) in [7, 11) is 0. The first-order valence-corrected chi connectivity index (χ1v) is 11.4. The smallest absolute Gasteiger partial charge is 0.244 e. The summed E-state index contributed by atoms with van der Waals surface area (Å²) in [6.45, 7) is 5.86. The van der Waals surface area contributed by atoms with Gasteiger partial charge in [0.15, 0.2) is 0 Å². The van der Waals surface area contributed by atoms with E-state index in [0.29, 0.717) is 19.3 Å². The summed E-state index contributed by atoms with van der Waals surface area (Å²) in [5.41, 5.74) is 1.74. The summed E-state index contributed by atoms with van der Waals surface area (Å²) in [6.07, 6.45) is 22.1. The fourth-order valence-electron chi connectivity index (χ4n) is 3.10. The van der Waals surface area contributed by atoms with Crippen LogP contribution in [-0.2, 0) is 4.79 Å². The molecule has 1 rings (SSSR count). The number of allylic oxidation sites excluding steroid dienone is 9. The van der Waals surface area contributed by atoms with Crippen molar-refractivity contribution in [1.29, 1.82) is 0 Å². The molecule has 0 aromatic rings. The first-order chi connectivity index (χ1) is 15.3. The van der Waals surface area contributed by atoms with Gasteiger partial charge in [0.05, 0.1) is 6.10 Å². The third-order valence-electron chi connectivity index (χ3n) is 4.94. The molecule has 0 aliphatic carbocycles. The lowest BCUT2D eigenvalue weighted by molar-refractivity contribution is -0.117. The van der Waals surface area contributed by atoms with Crippen LogP contribution in [0.15, 0.2) is 84.1 Å². The maximum absolute atomic E-state index is 12.3. The SMILES string of the molecule is CCC/C=C/CC1CC(O)C/C=C(C)/C=C/C=C\C(O)C(O)\C=C(C)/C=C/C=C/C(=O)N1. The largest absolute Gasteiger partial charge is 0.393 e. The molecule has 0 fully saturated rings. The summed E-state index contributed by atoms with van der Waals surface area (Å²) in [6, 6.07) is -0.157. The molecule has 1 aliphatic heterocycles. The third-order valence-corrected chi connectivity index (χ3v) is 4.94. The van der Waals surface area contributed by atoms with E-state index in [1.165, 1.54) is 12.2 Å². The number of hydrogen-bond donors (Lipinski definition) is 4. The van der Waals surface area contributed by atoms with Gasteiger partial charge in [0.1, 0.15) is 12.2 Å². The van der Waals surface area contributed by atoms with Crippen molar-refractivity contribution in [2.75, 3.05) is 0 Å². The number of aliphatic hydroxyl groups is 3. The van der Waals surface area contributed by atoms with Gasteiger partial charge in [0.25, 0.3) is 0 Å². The summed E-state index contributed by atoms with van der Waals surface area (Å²) in [4.78, 5) is 12.3. The van der Waals surface area contributed by atoms with Crippen LogP contribution in [0.5, 0.6) is 0 Å². The average molecular weight is 442 g/mol. The molecular formula is C27H39NO4. The van der Waals surface area contributed by atoms with Crippen molar-refractivity contribution in [2.45, 2.75) is 77.2 Å². The Kier molecular flexibility index (Phi) is 14.0. The Bertz CT molecular complexity index is 771. The van der Waals surface area contributed by atoms with Crippen LogP contribution >= 0.6 is 0 Å².